The molecule has 0 saturated carbocycles. The second kappa shape index (κ2) is 4.07. The van der Waals surface area contributed by atoms with Gasteiger partial charge in [-0.05, 0) is 23.8 Å². The normalized spacial score (nSPS) is 24.5. The van der Waals surface area contributed by atoms with Crippen molar-refractivity contribution in [2.75, 3.05) is 11.5 Å². The van der Waals surface area contributed by atoms with Crippen molar-refractivity contribution in [3.05, 3.63) is 24.3 Å². The molecular formula is C9H13N3S. The molecule has 0 aromatic carbocycles. The van der Waals surface area contributed by atoms with Gasteiger partial charge in [0.25, 0.3) is 0 Å². The first-order valence-electron chi connectivity index (χ1n) is 4.46. The maximum atomic E-state index is 6.11. The van der Waals surface area contributed by atoms with Gasteiger partial charge in [0.1, 0.15) is 6.33 Å². The minimum absolute atomic E-state index is 0.121. The minimum Gasteiger partial charge on any atom is -0.324 e. The van der Waals surface area contributed by atoms with Crippen LogP contribution in [0.5, 0.6) is 0 Å². The molecule has 70 valence electrons. The quantitative estimate of drug-likeness (QED) is 0.771. The monoisotopic (exact) mass is 195 g/mol. The van der Waals surface area contributed by atoms with Crippen LogP contribution in [0.15, 0.2) is 18.7 Å². The number of hydrogen-bond acceptors (Lipinski definition) is 4. The lowest BCUT2D eigenvalue weighted by molar-refractivity contribution is 0.479. The van der Waals surface area contributed by atoms with Crippen molar-refractivity contribution in [3.8, 4) is 0 Å². The average molecular weight is 195 g/mol. The highest BCUT2D eigenvalue weighted by Gasteiger charge is 2.23. The molecule has 1 aliphatic heterocycles. The van der Waals surface area contributed by atoms with Gasteiger partial charge in [-0.1, -0.05) is 0 Å². The summed E-state index contributed by atoms with van der Waals surface area (Å²) < 4.78 is 0. The number of rotatable bonds is 2. The van der Waals surface area contributed by atoms with E-state index in [1.807, 2.05) is 24.2 Å². The van der Waals surface area contributed by atoms with Crippen molar-refractivity contribution in [1.82, 2.24) is 9.97 Å². The van der Waals surface area contributed by atoms with Crippen molar-refractivity contribution in [3.63, 3.8) is 0 Å². The highest BCUT2D eigenvalue weighted by atomic mass is 32.2. The van der Waals surface area contributed by atoms with Crippen LogP contribution in [-0.4, -0.2) is 21.5 Å². The number of aromatic nitrogens is 2. The summed E-state index contributed by atoms with van der Waals surface area (Å²) in [6.07, 6.45) is 6.40. The van der Waals surface area contributed by atoms with Gasteiger partial charge in [-0.25, -0.2) is 9.97 Å². The van der Waals surface area contributed by atoms with Gasteiger partial charge in [-0.3, -0.25) is 0 Å². The molecular weight excluding hydrogens is 182 g/mol. The summed E-state index contributed by atoms with van der Waals surface area (Å²) in [7, 11) is 0. The zero-order valence-corrected chi connectivity index (χ0v) is 8.20. The molecule has 1 fully saturated rings. The summed E-state index contributed by atoms with van der Waals surface area (Å²) in [4.78, 5) is 7.96. The van der Waals surface area contributed by atoms with E-state index < -0.39 is 0 Å². The third-order valence-corrected chi connectivity index (χ3v) is 3.63. The molecule has 1 aliphatic rings. The summed E-state index contributed by atoms with van der Waals surface area (Å²) in [5, 5.41) is 0. The van der Waals surface area contributed by atoms with E-state index in [0.29, 0.717) is 5.92 Å². The highest BCUT2D eigenvalue weighted by Crippen LogP contribution is 2.31. The van der Waals surface area contributed by atoms with Crippen LogP contribution in [0.4, 0.5) is 0 Å². The van der Waals surface area contributed by atoms with Crippen molar-refractivity contribution in [2.45, 2.75) is 12.5 Å². The first-order valence-corrected chi connectivity index (χ1v) is 5.61. The van der Waals surface area contributed by atoms with Crippen LogP contribution in [0.3, 0.4) is 0 Å². The Kier molecular flexibility index (Phi) is 2.80. The number of nitrogens with two attached hydrogens (primary N) is 1. The highest BCUT2D eigenvalue weighted by molar-refractivity contribution is 7.99. The van der Waals surface area contributed by atoms with Gasteiger partial charge >= 0.3 is 0 Å². The molecule has 2 rings (SSSR count). The third-order valence-electron chi connectivity index (χ3n) is 2.44. The maximum Gasteiger partial charge on any atom is 0.115 e. The van der Waals surface area contributed by atoms with E-state index in [0.717, 1.165) is 5.56 Å². The van der Waals surface area contributed by atoms with Crippen LogP contribution < -0.4 is 5.73 Å². The standard InChI is InChI=1S/C9H13N3S/c10-9(7-1-2-13-5-7)8-3-11-6-12-4-8/h3-4,6-7,9H,1-2,5,10H2. The van der Waals surface area contributed by atoms with Crippen molar-refractivity contribution in [1.29, 1.82) is 0 Å². The summed E-state index contributed by atoms with van der Waals surface area (Å²) in [5.74, 6) is 3.03. The van der Waals surface area contributed by atoms with E-state index in [-0.39, 0.29) is 6.04 Å². The summed E-state index contributed by atoms with van der Waals surface area (Å²) >= 11 is 1.98. The number of thioether (sulfide) groups is 1. The smallest absolute Gasteiger partial charge is 0.115 e. The summed E-state index contributed by atoms with van der Waals surface area (Å²) in [6.45, 7) is 0. The first-order chi connectivity index (χ1) is 6.38. The molecule has 0 spiro atoms. The predicted molar refractivity (Wildman–Crippen MR) is 54.4 cm³/mol. The maximum absolute atomic E-state index is 6.11. The van der Waals surface area contributed by atoms with E-state index in [1.54, 1.807) is 6.33 Å². The molecule has 3 nitrogen and oxygen atoms in total. The van der Waals surface area contributed by atoms with E-state index >= 15 is 0 Å². The second-order valence-electron chi connectivity index (χ2n) is 3.32. The fourth-order valence-electron chi connectivity index (χ4n) is 1.59. The topological polar surface area (TPSA) is 51.8 Å². The first kappa shape index (κ1) is 8.97. The SMILES string of the molecule is NC(c1cncnc1)C1CCSC1. The van der Waals surface area contributed by atoms with Crippen molar-refractivity contribution < 1.29 is 0 Å². The molecule has 0 aliphatic carbocycles. The Morgan fingerprint density at radius 3 is 2.85 bits per heavy atom. The van der Waals surface area contributed by atoms with E-state index in [9.17, 15) is 0 Å². The Morgan fingerprint density at radius 2 is 2.23 bits per heavy atom. The molecule has 1 saturated heterocycles. The van der Waals surface area contributed by atoms with Gasteiger partial charge in [-0.15, -0.1) is 0 Å². The second-order valence-corrected chi connectivity index (χ2v) is 4.47. The molecule has 2 unspecified atom stereocenters. The Bertz CT molecular complexity index is 259. The lowest BCUT2D eigenvalue weighted by Crippen LogP contribution is -2.21. The molecule has 1 aromatic rings. The summed E-state index contributed by atoms with van der Waals surface area (Å²) in [5.41, 5.74) is 7.17. The molecule has 2 atom stereocenters. The van der Waals surface area contributed by atoms with E-state index in [4.69, 9.17) is 5.73 Å². The van der Waals surface area contributed by atoms with Crippen LogP contribution in [0.1, 0.15) is 18.0 Å². The molecule has 0 radical (unpaired) electrons. The van der Waals surface area contributed by atoms with E-state index in [2.05, 4.69) is 9.97 Å². The molecule has 2 N–H and O–H groups in total. The van der Waals surface area contributed by atoms with E-state index in [1.165, 1.54) is 17.9 Å². The van der Waals surface area contributed by atoms with Crippen LogP contribution in [-0.2, 0) is 0 Å². The van der Waals surface area contributed by atoms with Crippen LogP contribution >= 0.6 is 11.8 Å². The van der Waals surface area contributed by atoms with Crippen LogP contribution in [0, 0.1) is 5.92 Å². The molecule has 0 bridgehead atoms. The minimum atomic E-state index is 0.121. The van der Waals surface area contributed by atoms with Gasteiger partial charge in [0, 0.05) is 24.0 Å². The molecule has 13 heavy (non-hydrogen) atoms. The summed E-state index contributed by atoms with van der Waals surface area (Å²) in [6, 6.07) is 0.121. The average Bonchev–Trinajstić information content (AvgIpc) is 2.71. The fourth-order valence-corrected chi connectivity index (χ4v) is 2.90. The molecule has 4 heteroatoms. The van der Waals surface area contributed by atoms with Crippen LogP contribution in [0.2, 0.25) is 0 Å². The Hall–Kier alpha value is -0.610. The predicted octanol–water partition coefficient (Wildman–Crippen LogP) is 1.23. The third kappa shape index (κ3) is 2.00. The Balaban J connectivity index is 2.08. The number of nitrogens with zero attached hydrogens (tertiary/aromatic N) is 2. The van der Waals surface area contributed by atoms with Gasteiger partial charge in [0.05, 0.1) is 0 Å². The fraction of sp³-hybridized carbons (Fsp3) is 0.556. The van der Waals surface area contributed by atoms with Crippen LogP contribution in [0.25, 0.3) is 0 Å². The Morgan fingerprint density at radius 1 is 1.46 bits per heavy atom. The lowest BCUT2D eigenvalue weighted by atomic mass is 9.95. The van der Waals surface area contributed by atoms with Gasteiger partial charge in [-0.2, -0.15) is 11.8 Å². The van der Waals surface area contributed by atoms with Crippen molar-refractivity contribution >= 4 is 11.8 Å². The largest absolute Gasteiger partial charge is 0.324 e. The lowest BCUT2D eigenvalue weighted by Gasteiger charge is -2.17. The van der Waals surface area contributed by atoms with Gasteiger partial charge < -0.3 is 5.73 Å². The van der Waals surface area contributed by atoms with Gasteiger partial charge in [0.15, 0.2) is 0 Å². The Labute approximate surface area is 82.2 Å². The molecule has 1 aromatic heterocycles. The molecule has 2 heterocycles. The number of hydrogen-bond donors (Lipinski definition) is 1. The van der Waals surface area contributed by atoms with Gasteiger partial charge in [0.2, 0.25) is 0 Å². The molecule has 0 amide bonds. The zero-order valence-electron chi connectivity index (χ0n) is 7.39. The van der Waals surface area contributed by atoms with Crippen molar-refractivity contribution in [2.24, 2.45) is 11.7 Å². The zero-order chi connectivity index (χ0) is 9.10.